The van der Waals surface area contributed by atoms with Gasteiger partial charge in [0.25, 0.3) is 11.5 Å². The molecule has 0 spiro atoms. The van der Waals surface area contributed by atoms with Crippen LogP contribution >= 0.6 is 0 Å². The molecule has 1 amide bonds. The van der Waals surface area contributed by atoms with Crippen LogP contribution in [0.3, 0.4) is 0 Å². The molecule has 0 radical (unpaired) electrons. The van der Waals surface area contributed by atoms with Crippen molar-refractivity contribution in [3.05, 3.63) is 58.5 Å². The molecule has 120 valence electrons. The first-order valence-electron chi connectivity index (χ1n) is 8.10. The maximum absolute atomic E-state index is 12.7. The topological polar surface area (TPSA) is 55.2 Å². The normalized spacial score (nSPS) is 15.3. The van der Waals surface area contributed by atoms with Crippen LogP contribution in [0.25, 0.3) is 5.69 Å². The lowest BCUT2D eigenvalue weighted by Crippen LogP contribution is -2.39. The smallest absolute Gasteiger partial charge is 0.274 e. The van der Waals surface area contributed by atoms with Crippen molar-refractivity contribution >= 4 is 5.91 Å². The van der Waals surface area contributed by atoms with E-state index in [2.05, 4.69) is 5.10 Å². The van der Waals surface area contributed by atoms with Gasteiger partial charge in [0.2, 0.25) is 0 Å². The Labute approximate surface area is 135 Å². The second-order valence-corrected chi connectivity index (χ2v) is 6.01. The van der Waals surface area contributed by atoms with Gasteiger partial charge in [-0.15, -0.1) is 0 Å². The number of amides is 1. The highest BCUT2D eigenvalue weighted by atomic mass is 16.2. The van der Waals surface area contributed by atoms with Gasteiger partial charge in [-0.05, 0) is 31.0 Å². The van der Waals surface area contributed by atoms with Gasteiger partial charge in [-0.2, -0.15) is 9.78 Å². The van der Waals surface area contributed by atoms with E-state index in [0.29, 0.717) is 11.4 Å². The second-order valence-electron chi connectivity index (χ2n) is 6.01. The van der Waals surface area contributed by atoms with Crippen LogP contribution in [-0.4, -0.2) is 33.7 Å². The van der Waals surface area contributed by atoms with E-state index in [1.54, 1.807) is 17.0 Å². The Bertz CT molecular complexity index is 733. The predicted molar refractivity (Wildman–Crippen MR) is 88.8 cm³/mol. The summed E-state index contributed by atoms with van der Waals surface area (Å²) >= 11 is 0. The number of benzene rings is 1. The number of carbonyl (C=O) groups is 1. The number of para-hydroxylation sites is 1. The van der Waals surface area contributed by atoms with Gasteiger partial charge in [-0.1, -0.05) is 37.5 Å². The zero-order valence-corrected chi connectivity index (χ0v) is 13.3. The number of carbonyl (C=O) groups excluding carboxylic acids is 1. The Kier molecular flexibility index (Phi) is 4.55. The van der Waals surface area contributed by atoms with E-state index in [0.717, 1.165) is 12.8 Å². The van der Waals surface area contributed by atoms with Crippen molar-refractivity contribution in [2.75, 3.05) is 7.05 Å². The molecule has 2 aromatic rings. The summed E-state index contributed by atoms with van der Waals surface area (Å²) in [4.78, 5) is 26.5. The average molecular weight is 311 g/mol. The van der Waals surface area contributed by atoms with Gasteiger partial charge < -0.3 is 4.90 Å². The number of aromatic nitrogens is 2. The summed E-state index contributed by atoms with van der Waals surface area (Å²) in [7, 11) is 1.83. The molecular formula is C18H21N3O2. The summed E-state index contributed by atoms with van der Waals surface area (Å²) in [5, 5.41) is 4.27. The van der Waals surface area contributed by atoms with E-state index >= 15 is 0 Å². The maximum Gasteiger partial charge on any atom is 0.274 e. The van der Waals surface area contributed by atoms with Crippen LogP contribution in [0.4, 0.5) is 0 Å². The Balaban J connectivity index is 1.88. The van der Waals surface area contributed by atoms with Crippen molar-refractivity contribution in [2.45, 2.75) is 38.1 Å². The summed E-state index contributed by atoms with van der Waals surface area (Å²) in [6.07, 6.45) is 5.66. The lowest BCUT2D eigenvalue weighted by molar-refractivity contribution is 0.0688. The van der Waals surface area contributed by atoms with Crippen LogP contribution in [0.2, 0.25) is 0 Å². The minimum absolute atomic E-state index is 0.124. The molecule has 0 bridgehead atoms. The SMILES string of the molecule is CN(C(=O)c1ccc(=O)n(-c2ccccc2)n1)C1CCCCC1. The summed E-state index contributed by atoms with van der Waals surface area (Å²) in [6.45, 7) is 0. The molecule has 1 aromatic carbocycles. The van der Waals surface area contributed by atoms with Gasteiger partial charge in [0.1, 0.15) is 5.69 Å². The van der Waals surface area contributed by atoms with Crippen molar-refractivity contribution in [3.63, 3.8) is 0 Å². The molecule has 1 aliphatic carbocycles. The van der Waals surface area contributed by atoms with Crippen LogP contribution in [-0.2, 0) is 0 Å². The highest BCUT2D eigenvalue weighted by molar-refractivity contribution is 5.92. The minimum Gasteiger partial charge on any atom is -0.337 e. The third-order valence-electron chi connectivity index (χ3n) is 4.46. The third kappa shape index (κ3) is 3.33. The van der Waals surface area contributed by atoms with Crippen molar-refractivity contribution < 1.29 is 4.79 Å². The van der Waals surface area contributed by atoms with Crippen molar-refractivity contribution in [1.29, 1.82) is 0 Å². The summed E-state index contributed by atoms with van der Waals surface area (Å²) in [5.41, 5.74) is 0.724. The highest BCUT2D eigenvalue weighted by Crippen LogP contribution is 2.22. The van der Waals surface area contributed by atoms with E-state index in [1.807, 2.05) is 25.2 Å². The monoisotopic (exact) mass is 311 g/mol. The van der Waals surface area contributed by atoms with Gasteiger partial charge in [0, 0.05) is 19.2 Å². The molecule has 5 heteroatoms. The van der Waals surface area contributed by atoms with Gasteiger partial charge in [0.05, 0.1) is 5.69 Å². The van der Waals surface area contributed by atoms with Crippen LogP contribution < -0.4 is 5.56 Å². The first kappa shape index (κ1) is 15.5. The van der Waals surface area contributed by atoms with E-state index in [1.165, 1.54) is 36.1 Å². The molecule has 3 rings (SSSR count). The number of hydrogen-bond donors (Lipinski definition) is 0. The lowest BCUT2D eigenvalue weighted by atomic mass is 9.94. The minimum atomic E-state index is -0.243. The molecule has 1 aromatic heterocycles. The van der Waals surface area contributed by atoms with Gasteiger partial charge in [-0.25, -0.2) is 0 Å². The Morgan fingerprint density at radius 1 is 1.09 bits per heavy atom. The van der Waals surface area contributed by atoms with Crippen LogP contribution in [0.1, 0.15) is 42.6 Å². The molecule has 1 heterocycles. The zero-order chi connectivity index (χ0) is 16.2. The van der Waals surface area contributed by atoms with Crippen LogP contribution in [0.5, 0.6) is 0 Å². The van der Waals surface area contributed by atoms with Gasteiger partial charge >= 0.3 is 0 Å². The molecule has 0 N–H and O–H groups in total. The lowest BCUT2D eigenvalue weighted by Gasteiger charge is -2.31. The fourth-order valence-corrected chi connectivity index (χ4v) is 3.09. The molecule has 1 saturated carbocycles. The molecule has 5 nitrogen and oxygen atoms in total. The second kappa shape index (κ2) is 6.77. The number of nitrogens with zero attached hydrogens (tertiary/aromatic N) is 3. The van der Waals surface area contributed by atoms with Crippen LogP contribution in [0, 0.1) is 0 Å². The van der Waals surface area contributed by atoms with E-state index in [4.69, 9.17) is 0 Å². The van der Waals surface area contributed by atoms with Gasteiger partial charge in [0.15, 0.2) is 0 Å². The predicted octanol–water partition coefficient (Wildman–Crippen LogP) is 2.64. The van der Waals surface area contributed by atoms with Crippen molar-refractivity contribution in [3.8, 4) is 5.69 Å². The zero-order valence-electron chi connectivity index (χ0n) is 13.3. The Morgan fingerprint density at radius 2 is 1.78 bits per heavy atom. The Morgan fingerprint density at radius 3 is 2.48 bits per heavy atom. The molecule has 0 aliphatic heterocycles. The maximum atomic E-state index is 12.7. The standard InChI is InChI=1S/C18H21N3O2/c1-20(14-8-4-2-5-9-14)18(23)16-12-13-17(22)21(19-16)15-10-6-3-7-11-15/h3,6-7,10-14H,2,4-5,8-9H2,1H3. The molecule has 23 heavy (non-hydrogen) atoms. The average Bonchev–Trinajstić information content (AvgIpc) is 2.62. The fraction of sp³-hybridized carbons (Fsp3) is 0.389. The molecule has 0 atom stereocenters. The molecule has 1 fully saturated rings. The Hall–Kier alpha value is -2.43. The summed E-state index contributed by atoms with van der Waals surface area (Å²) < 4.78 is 1.28. The third-order valence-corrected chi connectivity index (χ3v) is 4.46. The first-order valence-corrected chi connectivity index (χ1v) is 8.10. The molecule has 1 aliphatic rings. The summed E-state index contributed by atoms with van der Waals surface area (Å²) in [6, 6.07) is 12.3. The largest absolute Gasteiger partial charge is 0.337 e. The molecular weight excluding hydrogens is 290 g/mol. The van der Waals surface area contributed by atoms with Crippen molar-refractivity contribution in [1.82, 2.24) is 14.7 Å². The summed E-state index contributed by atoms with van der Waals surface area (Å²) in [5.74, 6) is -0.124. The first-order chi connectivity index (χ1) is 11.2. The van der Waals surface area contributed by atoms with Crippen LogP contribution in [0.15, 0.2) is 47.3 Å². The van der Waals surface area contributed by atoms with E-state index in [9.17, 15) is 9.59 Å². The van der Waals surface area contributed by atoms with Crippen molar-refractivity contribution in [2.24, 2.45) is 0 Å². The quantitative estimate of drug-likeness (QED) is 0.875. The molecule has 0 unspecified atom stereocenters. The number of hydrogen-bond acceptors (Lipinski definition) is 3. The van der Waals surface area contributed by atoms with E-state index in [-0.39, 0.29) is 17.5 Å². The fourth-order valence-electron chi connectivity index (χ4n) is 3.09. The highest BCUT2D eigenvalue weighted by Gasteiger charge is 2.24. The number of rotatable bonds is 3. The molecule has 0 saturated heterocycles. The van der Waals surface area contributed by atoms with Gasteiger partial charge in [-0.3, -0.25) is 9.59 Å². The van der Waals surface area contributed by atoms with E-state index < -0.39 is 0 Å².